The van der Waals surface area contributed by atoms with Gasteiger partial charge in [0, 0.05) is 31.7 Å². The Kier molecular flexibility index (Phi) is 6.49. The Morgan fingerprint density at radius 3 is 2.36 bits per heavy atom. The summed E-state index contributed by atoms with van der Waals surface area (Å²) in [4.78, 5) is 15.0. The van der Waals surface area contributed by atoms with E-state index in [0.717, 1.165) is 12.0 Å². The molecule has 1 N–H and O–H groups in total. The predicted molar refractivity (Wildman–Crippen MR) is 110 cm³/mol. The lowest BCUT2D eigenvalue weighted by Gasteiger charge is -2.31. The SMILES string of the molecule is CCC(NC(=O)c1cccc(S(=O)(=O)N2CCN(C)CC2)c1)c1ccccc1. The van der Waals surface area contributed by atoms with Crippen LogP contribution in [-0.2, 0) is 10.0 Å². The summed E-state index contributed by atoms with van der Waals surface area (Å²) < 4.78 is 27.4. The molecule has 1 saturated heterocycles. The van der Waals surface area contributed by atoms with E-state index in [1.54, 1.807) is 18.2 Å². The summed E-state index contributed by atoms with van der Waals surface area (Å²) in [5.74, 6) is -0.272. The Morgan fingerprint density at radius 1 is 1.04 bits per heavy atom. The quantitative estimate of drug-likeness (QED) is 0.808. The lowest BCUT2D eigenvalue weighted by Crippen LogP contribution is -2.47. The van der Waals surface area contributed by atoms with Crippen LogP contribution in [0.3, 0.4) is 0 Å². The van der Waals surface area contributed by atoms with Gasteiger partial charge in [0.2, 0.25) is 10.0 Å². The Labute approximate surface area is 167 Å². The molecule has 0 spiro atoms. The smallest absolute Gasteiger partial charge is 0.251 e. The van der Waals surface area contributed by atoms with Crippen LogP contribution in [0, 0.1) is 0 Å². The van der Waals surface area contributed by atoms with Crippen molar-refractivity contribution in [2.45, 2.75) is 24.3 Å². The van der Waals surface area contributed by atoms with Gasteiger partial charge in [0.05, 0.1) is 10.9 Å². The van der Waals surface area contributed by atoms with E-state index < -0.39 is 10.0 Å². The fraction of sp³-hybridized carbons (Fsp3) is 0.381. The molecule has 28 heavy (non-hydrogen) atoms. The third kappa shape index (κ3) is 4.60. The van der Waals surface area contributed by atoms with Crippen molar-refractivity contribution in [2.24, 2.45) is 0 Å². The molecule has 0 aromatic heterocycles. The van der Waals surface area contributed by atoms with E-state index in [1.807, 2.05) is 44.3 Å². The number of carbonyl (C=O) groups excluding carboxylic acids is 1. The van der Waals surface area contributed by atoms with Gasteiger partial charge in [-0.2, -0.15) is 4.31 Å². The van der Waals surface area contributed by atoms with Gasteiger partial charge in [-0.1, -0.05) is 43.3 Å². The molecular weight excluding hydrogens is 374 g/mol. The Balaban J connectivity index is 1.78. The number of hydrogen-bond donors (Lipinski definition) is 1. The first-order valence-electron chi connectivity index (χ1n) is 9.56. The van der Waals surface area contributed by atoms with E-state index in [4.69, 9.17) is 0 Å². The number of nitrogens with zero attached hydrogens (tertiary/aromatic N) is 2. The van der Waals surface area contributed by atoms with Crippen LogP contribution in [-0.4, -0.2) is 56.8 Å². The van der Waals surface area contributed by atoms with Crippen LogP contribution in [0.5, 0.6) is 0 Å². The minimum atomic E-state index is -3.60. The zero-order chi connectivity index (χ0) is 20.1. The highest BCUT2D eigenvalue weighted by atomic mass is 32.2. The van der Waals surface area contributed by atoms with Crippen molar-refractivity contribution in [3.05, 3.63) is 65.7 Å². The van der Waals surface area contributed by atoms with Gasteiger partial charge in [0.25, 0.3) is 5.91 Å². The first-order chi connectivity index (χ1) is 13.4. The summed E-state index contributed by atoms with van der Waals surface area (Å²) in [6, 6.07) is 15.9. The molecular formula is C21H27N3O3S. The second kappa shape index (κ2) is 8.86. The van der Waals surface area contributed by atoms with Crippen molar-refractivity contribution in [3.63, 3.8) is 0 Å². The zero-order valence-electron chi connectivity index (χ0n) is 16.3. The second-order valence-corrected chi connectivity index (χ2v) is 9.02. The summed E-state index contributed by atoms with van der Waals surface area (Å²) in [6.07, 6.45) is 0.745. The molecule has 0 radical (unpaired) electrons. The van der Waals surface area contributed by atoms with Crippen molar-refractivity contribution in [2.75, 3.05) is 33.2 Å². The molecule has 2 aromatic carbocycles. The van der Waals surface area contributed by atoms with Gasteiger partial charge >= 0.3 is 0 Å². The number of likely N-dealkylation sites (N-methyl/N-ethyl adjacent to an activating group) is 1. The number of benzene rings is 2. The van der Waals surface area contributed by atoms with Crippen LogP contribution in [0.1, 0.15) is 35.3 Å². The maximum Gasteiger partial charge on any atom is 0.251 e. The molecule has 6 nitrogen and oxygen atoms in total. The third-order valence-electron chi connectivity index (χ3n) is 5.11. The van der Waals surface area contributed by atoms with Crippen molar-refractivity contribution < 1.29 is 13.2 Å². The third-order valence-corrected chi connectivity index (χ3v) is 7.01. The van der Waals surface area contributed by atoms with Gasteiger partial charge in [-0.05, 0) is 37.2 Å². The van der Waals surface area contributed by atoms with E-state index >= 15 is 0 Å². The summed E-state index contributed by atoms with van der Waals surface area (Å²) >= 11 is 0. The molecule has 1 aliphatic heterocycles. The van der Waals surface area contributed by atoms with Crippen LogP contribution in [0.25, 0.3) is 0 Å². The molecule has 0 saturated carbocycles. The van der Waals surface area contributed by atoms with E-state index in [-0.39, 0.29) is 16.8 Å². The van der Waals surface area contributed by atoms with Crippen LogP contribution in [0.15, 0.2) is 59.5 Å². The summed E-state index contributed by atoms with van der Waals surface area (Å²) in [5.41, 5.74) is 1.38. The normalized spacial score (nSPS) is 17.2. The number of nitrogens with one attached hydrogen (secondary N) is 1. The summed E-state index contributed by atoms with van der Waals surface area (Å²) in [5, 5.41) is 3.01. The van der Waals surface area contributed by atoms with E-state index in [2.05, 4.69) is 10.2 Å². The highest BCUT2D eigenvalue weighted by Gasteiger charge is 2.28. The molecule has 1 atom stereocenters. The molecule has 7 heteroatoms. The molecule has 0 bridgehead atoms. The Morgan fingerprint density at radius 2 is 1.71 bits per heavy atom. The van der Waals surface area contributed by atoms with E-state index in [9.17, 15) is 13.2 Å². The van der Waals surface area contributed by atoms with Gasteiger partial charge in [-0.15, -0.1) is 0 Å². The van der Waals surface area contributed by atoms with Crippen molar-refractivity contribution in [1.82, 2.24) is 14.5 Å². The highest BCUT2D eigenvalue weighted by molar-refractivity contribution is 7.89. The van der Waals surface area contributed by atoms with Crippen LogP contribution in [0.4, 0.5) is 0 Å². The molecule has 1 aliphatic rings. The molecule has 1 unspecified atom stereocenters. The standard InChI is InChI=1S/C21H27N3O3S/c1-3-20(17-8-5-4-6-9-17)22-21(25)18-10-7-11-19(16-18)28(26,27)24-14-12-23(2)13-15-24/h4-11,16,20H,3,12-15H2,1-2H3,(H,22,25). The number of carbonyl (C=O) groups is 1. The summed E-state index contributed by atoms with van der Waals surface area (Å²) in [7, 11) is -1.62. The molecule has 1 heterocycles. The average molecular weight is 402 g/mol. The molecule has 0 aliphatic carbocycles. The van der Waals surface area contributed by atoms with E-state index in [0.29, 0.717) is 31.7 Å². The fourth-order valence-electron chi connectivity index (χ4n) is 3.32. The monoisotopic (exact) mass is 401 g/mol. The van der Waals surface area contributed by atoms with Gasteiger partial charge in [-0.25, -0.2) is 8.42 Å². The maximum atomic E-state index is 12.9. The number of amides is 1. The summed E-state index contributed by atoms with van der Waals surface area (Å²) in [6.45, 7) is 4.33. The second-order valence-electron chi connectivity index (χ2n) is 7.08. The average Bonchev–Trinajstić information content (AvgIpc) is 2.73. The molecule has 2 aromatic rings. The number of sulfonamides is 1. The number of rotatable bonds is 6. The molecule has 3 rings (SSSR count). The zero-order valence-corrected chi connectivity index (χ0v) is 17.2. The van der Waals surface area contributed by atoms with Gasteiger partial charge < -0.3 is 10.2 Å². The number of piperazine rings is 1. The van der Waals surface area contributed by atoms with E-state index in [1.165, 1.54) is 10.4 Å². The molecule has 1 fully saturated rings. The van der Waals surface area contributed by atoms with Crippen molar-refractivity contribution in [3.8, 4) is 0 Å². The lowest BCUT2D eigenvalue weighted by molar-refractivity contribution is 0.0935. The fourth-order valence-corrected chi connectivity index (χ4v) is 4.79. The predicted octanol–water partition coefficient (Wildman–Crippen LogP) is 2.50. The topological polar surface area (TPSA) is 69.7 Å². The van der Waals surface area contributed by atoms with Gasteiger partial charge in [-0.3, -0.25) is 4.79 Å². The van der Waals surface area contributed by atoms with Crippen LogP contribution in [0.2, 0.25) is 0 Å². The first kappa shape index (κ1) is 20.5. The van der Waals surface area contributed by atoms with Crippen molar-refractivity contribution in [1.29, 1.82) is 0 Å². The van der Waals surface area contributed by atoms with Crippen LogP contribution >= 0.6 is 0 Å². The molecule has 1 amide bonds. The molecule has 150 valence electrons. The Bertz CT molecular complexity index is 908. The number of hydrogen-bond acceptors (Lipinski definition) is 4. The minimum absolute atomic E-state index is 0.119. The van der Waals surface area contributed by atoms with Gasteiger partial charge in [0.1, 0.15) is 0 Å². The highest BCUT2D eigenvalue weighted by Crippen LogP contribution is 2.20. The maximum absolute atomic E-state index is 12.9. The van der Waals surface area contributed by atoms with Gasteiger partial charge in [0.15, 0.2) is 0 Å². The lowest BCUT2D eigenvalue weighted by atomic mass is 10.0. The largest absolute Gasteiger partial charge is 0.345 e. The van der Waals surface area contributed by atoms with Crippen molar-refractivity contribution >= 4 is 15.9 Å². The van der Waals surface area contributed by atoms with Crippen LogP contribution < -0.4 is 5.32 Å². The Hall–Kier alpha value is -2.22. The minimum Gasteiger partial charge on any atom is -0.345 e. The first-order valence-corrected chi connectivity index (χ1v) is 11.0.